The number of hydrogen-bond acceptors (Lipinski definition) is 0. The predicted molar refractivity (Wildman–Crippen MR) is 105 cm³/mol. The number of fused-ring (bicyclic) bond motifs is 1. The molecule has 0 N–H and O–H groups in total. The van der Waals surface area contributed by atoms with E-state index in [4.69, 9.17) is 0 Å². The molecule has 0 saturated carbocycles. The Morgan fingerprint density at radius 3 is 2.28 bits per heavy atom. The van der Waals surface area contributed by atoms with Gasteiger partial charge in [-0.3, -0.25) is 0 Å². The van der Waals surface area contributed by atoms with Gasteiger partial charge in [-0.05, 0) is 56.4 Å². The predicted octanol–water partition coefficient (Wildman–Crippen LogP) is 5.52. The van der Waals surface area contributed by atoms with Crippen LogP contribution in [0.2, 0.25) is 0 Å². The van der Waals surface area contributed by atoms with Crippen LogP contribution < -0.4 is 4.57 Å². The van der Waals surface area contributed by atoms with Gasteiger partial charge in [-0.2, -0.15) is 4.57 Å². The van der Waals surface area contributed by atoms with E-state index in [0.717, 1.165) is 6.54 Å². The summed E-state index contributed by atoms with van der Waals surface area (Å²) in [4.78, 5) is 0. The molecule has 1 heterocycles. The van der Waals surface area contributed by atoms with Gasteiger partial charge in [0.2, 0.25) is 5.69 Å². The molecule has 0 amide bonds. The Bertz CT molecular complexity index is 876. The van der Waals surface area contributed by atoms with Gasteiger partial charge >= 0.3 is 0 Å². The van der Waals surface area contributed by atoms with Crippen molar-refractivity contribution in [3.63, 3.8) is 0 Å². The number of aromatic nitrogens is 1. The van der Waals surface area contributed by atoms with Crippen molar-refractivity contribution in [1.82, 2.24) is 0 Å². The molecule has 1 heteroatoms. The van der Waals surface area contributed by atoms with Crippen molar-refractivity contribution in [3.8, 4) is 22.4 Å². The molecule has 1 nitrogen and oxygen atoms in total. The lowest BCUT2D eigenvalue weighted by Crippen LogP contribution is -2.42. The van der Waals surface area contributed by atoms with Crippen molar-refractivity contribution >= 4 is 0 Å². The quantitative estimate of drug-likeness (QED) is 0.558. The van der Waals surface area contributed by atoms with E-state index in [1.54, 1.807) is 11.3 Å². The third-order valence-corrected chi connectivity index (χ3v) is 5.41. The van der Waals surface area contributed by atoms with Gasteiger partial charge < -0.3 is 0 Å². The maximum atomic E-state index is 2.54. The summed E-state index contributed by atoms with van der Waals surface area (Å²) in [6.07, 6.45) is 5.01. The molecule has 1 aliphatic carbocycles. The molecular weight excluding hydrogens is 302 g/mol. The minimum absolute atomic E-state index is 1.03. The molecule has 25 heavy (non-hydrogen) atoms. The van der Waals surface area contributed by atoms with Crippen molar-refractivity contribution in [2.45, 2.75) is 46.1 Å². The Kier molecular flexibility index (Phi) is 4.40. The maximum absolute atomic E-state index is 2.54. The maximum Gasteiger partial charge on any atom is 0.213 e. The zero-order valence-corrected chi connectivity index (χ0v) is 15.3. The topological polar surface area (TPSA) is 3.88 Å². The number of aryl methyl sites for hydroxylation is 1. The normalized spacial score (nSPS) is 13.5. The van der Waals surface area contributed by atoms with E-state index in [1.807, 2.05) is 0 Å². The molecule has 4 rings (SSSR count). The van der Waals surface area contributed by atoms with Gasteiger partial charge in [0.25, 0.3) is 0 Å². The van der Waals surface area contributed by atoms with Crippen LogP contribution in [0.3, 0.4) is 0 Å². The summed E-state index contributed by atoms with van der Waals surface area (Å²) >= 11 is 0. The standard InChI is InChI=1S/C24H26N/c1-3-25-23-12-8-7-11-21(23)22(19-15-13-18(2)14-16-19)17-24(25)20-9-5-4-6-10-20/h4-6,9-10,13-17H,3,7-8,11-12H2,1-2H3/q+1. The Morgan fingerprint density at radius 1 is 0.840 bits per heavy atom. The van der Waals surface area contributed by atoms with Crippen LogP contribution in [0.25, 0.3) is 22.4 Å². The number of pyridine rings is 1. The first-order chi connectivity index (χ1) is 12.3. The average molecular weight is 328 g/mol. The van der Waals surface area contributed by atoms with E-state index in [0.29, 0.717) is 0 Å². The molecule has 0 radical (unpaired) electrons. The van der Waals surface area contributed by atoms with Gasteiger partial charge in [-0.25, -0.2) is 0 Å². The molecule has 0 bridgehead atoms. The fourth-order valence-electron chi connectivity index (χ4n) is 4.12. The molecule has 3 aromatic rings. The summed E-state index contributed by atoms with van der Waals surface area (Å²) in [6, 6.07) is 22.3. The van der Waals surface area contributed by atoms with Crippen LogP contribution in [0.5, 0.6) is 0 Å². The first-order valence-electron chi connectivity index (χ1n) is 9.49. The zero-order valence-electron chi connectivity index (χ0n) is 15.3. The molecular formula is C24H26N+. The van der Waals surface area contributed by atoms with Crippen molar-refractivity contribution in [3.05, 3.63) is 77.5 Å². The van der Waals surface area contributed by atoms with E-state index < -0.39 is 0 Å². The Labute approximate surface area is 151 Å². The largest absolute Gasteiger partial charge is 0.213 e. The van der Waals surface area contributed by atoms with Gasteiger partial charge in [0, 0.05) is 23.6 Å². The summed E-state index contributed by atoms with van der Waals surface area (Å²) in [6.45, 7) is 5.46. The van der Waals surface area contributed by atoms with Crippen LogP contribution in [-0.4, -0.2) is 0 Å². The highest BCUT2D eigenvalue weighted by molar-refractivity contribution is 5.73. The third-order valence-electron chi connectivity index (χ3n) is 5.41. The second-order valence-electron chi connectivity index (χ2n) is 7.05. The van der Waals surface area contributed by atoms with E-state index >= 15 is 0 Å². The smallest absolute Gasteiger partial charge is 0.196 e. The average Bonchev–Trinajstić information content (AvgIpc) is 2.68. The van der Waals surface area contributed by atoms with E-state index in [9.17, 15) is 0 Å². The molecule has 0 fully saturated rings. The third kappa shape index (κ3) is 3.00. The Morgan fingerprint density at radius 2 is 1.56 bits per heavy atom. The fourth-order valence-corrected chi connectivity index (χ4v) is 4.12. The minimum atomic E-state index is 1.03. The molecule has 126 valence electrons. The lowest BCUT2D eigenvalue weighted by molar-refractivity contribution is -0.690. The highest BCUT2D eigenvalue weighted by Crippen LogP contribution is 2.33. The Hall–Kier alpha value is -2.41. The molecule has 0 unspecified atom stereocenters. The first kappa shape index (κ1) is 16.1. The van der Waals surface area contributed by atoms with Gasteiger partial charge in [-0.1, -0.05) is 48.0 Å². The summed E-state index contributed by atoms with van der Waals surface area (Å²) in [5.41, 5.74) is 9.87. The highest BCUT2D eigenvalue weighted by atomic mass is 15.0. The second-order valence-corrected chi connectivity index (χ2v) is 7.05. The number of rotatable bonds is 3. The second kappa shape index (κ2) is 6.84. The molecule has 0 spiro atoms. The summed E-state index contributed by atoms with van der Waals surface area (Å²) in [5.74, 6) is 0. The van der Waals surface area contributed by atoms with Crippen molar-refractivity contribution in [1.29, 1.82) is 0 Å². The van der Waals surface area contributed by atoms with Crippen molar-refractivity contribution in [2.75, 3.05) is 0 Å². The lowest BCUT2D eigenvalue weighted by atomic mass is 9.87. The zero-order chi connectivity index (χ0) is 17.2. The molecule has 2 aromatic carbocycles. The summed E-state index contributed by atoms with van der Waals surface area (Å²) in [5, 5.41) is 0. The SMILES string of the molecule is CC[n+]1c(-c2ccccc2)cc(-c2ccc(C)cc2)c2c1CCCC2. The summed E-state index contributed by atoms with van der Waals surface area (Å²) in [7, 11) is 0. The fraction of sp³-hybridized carbons (Fsp3) is 0.292. The van der Waals surface area contributed by atoms with Crippen LogP contribution >= 0.6 is 0 Å². The van der Waals surface area contributed by atoms with E-state index in [2.05, 4.69) is 79.1 Å². The van der Waals surface area contributed by atoms with Crippen LogP contribution in [0.1, 0.15) is 36.6 Å². The van der Waals surface area contributed by atoms with Gasteiger partial charge in [0.15, 0.2) is 5.69 Å². The number of nitrogens with zero attached hydrogens (tertiary/aromatic N) is 1. The van der Waals surface area contributed by atoms with Crippen molar-refractivity contribution < 1.29 is 4.57 Å². The molecule has 1 aromatic heterocycles. The minimum Gasteiger partial charge on any atom is -0.196 e. The number of benzene rings is 2. The van der Waals surface area contributed by atoms with Gasteiger partial charge in [0.05, 0.1) is 0 Å². The highest BCUT2D eigenvalue weighted by Gasteiger charge is 2.27. The molecule has 1 aliphatic rings. The monoisotopic (exact) mass is 328 g/mol. The molecule has 0 atom stereocenters. The van der Waals surface area contributed by atoms with Gasteiger partial charge in [0.1, 0.15) is 6.54 Å². The first-order valence-corrected chi connectivity index (χ1v) is 9.49. The van der Waals surface area contributed by atoms with Crippen LogP contribution in [0.4, 0.5) is 0 Å². The molecule has 0 saturated heterocycles. The Balaban J connectivity index is 1.99. The molecule has 0 aliphatic heterocycles. The van der Waals surface area contributed by atoms with Gasteiger partial charge in [-0.15, -0.1) is 0 Å². The number of hydrogen-bond donors (Lipinski definition) is 0. The van der Waals surface area contributed by atoms with Crippen LogP contribution in [0, 0.1) is 6.92 Å². The van der Waals surface area contributed by atoms with Crippen LogP contribution in [0.15, 0.2) is 60.7 Å². The lowest BCUT2D eigenvalue weighted by Gasteiger charge is -2.20. The van der Waals surface area contributed by atoms with E-state index in [1.165, 1.54) is 53.6 Å². The van der Waals surface area contributed by atoms with Crippen LogP contribution in [-0.2, 0) is 19.4 Å². The van der Waals surface area contributed by atoms with Crippen molar-refractivity contribution in [2.24, 2.45) is 0 Å². The summed E-state index contributed by atoms with van der Waals surface area (Å²) < 4.78 is 2.54. The van der Waals surface area contributed by atoms with E-state index in [-0.39, 0.29) is 0 Å².